The number of furan rings is 1. The molecule has 0 aliphatic carbocycles. The number of thiophene rings is 1. The topological polar surface area (TPSA) is 55.5 Å². The summed E-state index contributed by atoms with van der Waals surface area (Å²) < 4.78 is 5.32. The van der Waals surface area contributed by atoms with Crippen LogP contribution >= 0.6 is 11.3 Å². The summed E-state index contributed by atoms with van der Waals surface area (Å²) in [6, 6.07) is 6.06. The Kier molecular flexibility index (Phi) is 3.08. The fourth-order valence-corrected chi connectivity index (χ4v) is 2.83. The van der Waals surface area contributed by atoms with Crippen molar-refractivity contribution in [1.29, 1.82) is 0 Å². The van der Waals surface area contributed by atoms with Crippen molar-refractivity contribution in [2.75, 3.05) is 0 Å². The lowest BCUT2D eigenvalue weighted by Crippen LogP contribution is -2.76. The lowest BCUT2D eigenvalue weighted by Gasteiger charge is -1.98. The first kappa shape index (κ1) is 11.4. The van der Waals surface area contributed by atoms with Crippen LogP contribution in [0.1, 0.15) is 17.6 Å². The van der Waals surface area contributed by atoms with Gasteiger partial charge in [-0.15, -0.1) is 11.3 Å². The van der Waals surface area contributed by atoms with E-state index in [1.54, 1.807) is 23.9 Å². The molecule has 4 nitrogen and oxygen atoms in total. The highest BCUT2D eigenvalue weighted by Gasteiger charge is 2.11. The molecule has 3 aromatic rings. The summed E-state index contributed by atoms with van der Waals surface area (Å²) in [5.41, 5.74) is 0. The molecule has 0 fully saturated rings. The molecule has 0 aliphatic heterocycles. The predicted octanol–water partition coefficient (Wildman–Crippen LogP) is 2.24. The van der Waals surface area contributed by atoms with E-state index in [9.17, 15) is 0 Å². The van der Waals surface area contributed by atoms with Gasteiger partial charge in [-0.1, -0.05) is 6.92 Å². The van der Waals surface area contributed by atoms with E-state index < -0.39 is 0 Å². The first-order chi connectivity index (χ1) is 8.86. The maximum Gasteiger partial charge on any atom is 0.236 e. The van der Waals surface area contributed by atoms with Gasteiger partial charge in [0.15, 0.2) is 5.76 Å². The molecule has 0 atom stereocenters. The second kappa shape index (κ2) is 4.88. The van der Waals surface area contributed by atoms with E-state index in [0.29, 0.717) is 0 Å². The number of quaternary nitrogens is 1. The Labute approximate surface area is 109 Å². The fourth-order valence-electron chi connectivity index (χ4n) is 1.89. The molecule has 0 saturated heterocycles. The van der Waals surface area contributed by atoms with Crippen LogP contribution < -0.4 is 5.32 Å². The highest BCUT2D eigenvalue weighted by atomic mass is 32.1. The Morgan fingerprint density at radius 1 is 1.39 bits per heavy atom. The molecule has 92 valence electrons. The third-order valence-corrected chi connectivity index (χ3v) is 4.02. The molecule has 5 heteroatoms. The summed E-state index contributed by atoms with van der Waals surface area (Å²) in [5.74, 6) is 1.94. The van der Waals surface area contributed by atoms with Crippen LogP contribution in [0.25, 0.3) is 10.2 Å². The third-order valence-electron chi connectivity index (χ3n) is 2.84. The van der Waals surface area contributed by atoms with E-state index in [2.05, 4.69) is 28.3 Å². The highest BCUT2D eigenvalue weighted by molar-refractivity contribution is 7.18. The van der Waals surface area contributed by atoms with E-state index in [1.165, 1.54) is 4.88 Å². The number of aryl methyl sites for hydroxylation is 1. The number of nitrogens with zero attached hydrogens (tertiary/aromatic N) is 2. The molecule has 0 spiro atoms. The number of fused-ring (bicyclic) bond motifs is 1. The molecular formula is C13H14N3OS+. The van der Waals surface area contributed by atoms with Crippen molar-refractivity contribution in [2.45, 2.75) is 19.9 Å². The zero-order chi connectivity index (χ0) is 12.4. The number of aromatic nitrogens is 2. The lowest BCUT2D eigenvalue weighted by molar-refractivity contribution is -0.592. The SMILES string of the molecule is CCc1cc2c([NH2+]Cc3ccco3)ncnc2s1. The largest absolute Gasteiger partial charge is 0.463 e. The number of rotatable bonds is 4. The van der Waals surface area contributed by atoms with Crippen LogP contribution in [0.15, 0.2) is 35.2 Å². The first-order valence-electron chi connectivity index (χ1n) is 5.96. The van der Waals surface area contributed by atoms with E-state index in [-0.39, 0.29) is 0 Å². The quantitative estimate of drug-likeness (QED) is 0.782. The number of hydrogen-bond acceptors (Lipinski definition) is 4. The molecule has 0 radical (unpaired) electrons. The predicted molar refractivity (Wildman–Crippen MR) is 70.8 cm³/mol. The molecular weight excluding hydrogens is 246 g/mol. The molecule has 18 heavy (non-hydrogen) atoms. The first-order valence-corrected chi connectivity index (χ1v) is 6.77. The molecule has 3 rings (SSSR count). The van der Waals surface area contributed by atoms with Gasteiger partial charge in [0, 0.05) is 4.88 Å². The standard InChI is InChI=1S/C13H13N3OS/c1-2-10-6-11-12(15-8-16-13(11)18-10)14-7-9-4-3-5-17-9/h3-6,8H,2,7H2,1H3,(H,14,15,16)/p+1. The smallest absolute Gasteiger partial charge is 0.236 e. The molecule has 3 aromatic heterocycles. The molecule has 0 aliphatic rings. The fraction of sp³-hybridized carbons (Fsp3) is 0.231. The van der Waals surface area contributed by atoms with E-state index in [4.69, 9.17) is 4.42 Å². The van der Waals surface area contributed by atoms with Gasteiger partial charge in [-0.2, -0.15) is 4.98 Å². The van der Waals surface area contributed by atoms with Gasteiger partial charge in [0.25, 0.3) is 0 Å². The third kappa shape index (κ3) is 2.14. The van der Waals surface area contributed by atoms with Crippen molar-refractivity contribution in [3.8, 4) is 0 Å². The van der Waals surface area contributed by atoms with Crippen LogP contribution in [0.2, 0.25) is 0 Å². The Hall–Kier alpha value is -1.72. The van der Waals surface area contributed by atoms with Crippen molar-refractivity contribution < 1.29 is 9.73 Å². The van der Waals surface area contributed by atoms with Crippen molar-refractivity contribution in [3.63, 3.8) is 0 Å². The maximum absolute atomic E-state index is 5.32. The summed E-state index contributed by atoms with van der Waals surface area (Å²) in [7, 11) is 0. The average molecular weight is 260 g/mol. The highest BCUT2D eigenvalue weighted by Crippen LogP contribution is 2.26. The molecule has 2 N–H and O–H groups in total. The maximum atomic E-state index is 5.32. The summed E-state index contributed by atoms with van der Waals surface area (Å²) in [6.45, 7) is 2.92. The van der Waals surface area contributed by atoms with E-state index in [0.717, 1.165) is 34.8 Å². The van der Waals surface area contributed by atoms with Crippen molar-refractivity contribution in [1.82, 2.24) is 9.97 Å². The monoisotopic (exact) mass is 260 g/mol. The minimum atomic E-state index is 0.760. The molecule has 0 unspecified atom stereocenters. The normalized spacial score (nSPS) is 11.2. The zero-order valence-electron chi connectivity index (χ0n) is 10.1. The molecule has 0 amide bonds. The van der Waals surface area contributed by atoms with Gasteiger partial charge in [-0.05, 0) is 24.6 Å². The van der Waals surface area contributed by atoms with Crippen LogP contribution in [0, 0.1) is 0 Å². The van der Waals surface area contributed by atoms with Gasteiger partial charge in [-0.25, -0.2) is 4.98 Å². The minimum Gasteiger partial charge on any atom is -0.463 e. The number of hydrogen-bond donors (Lipinski definition) is 1. The van der Waals surface area contributed by atoms with Crippen molar-refractivity contribution >= 4 is 27.4 Å². The van der Waals surface area contributed by atoms with Crippen LogP contribution in [0.4, 0.5) is 5.82 Å². The average Bonchev–Trinajstić information content (AvgIpc) is 3.04. The van der Waals surface area contributed by atoms with Gasteiger partial charge >= 0.3 is 0 Å². The Morgan fingerprint density at radius 3 is 3.11 bits per heavy atom. The molecule has 0 aromatic carbocycles. The van der Waals surface area contributed by atoms with Crippen LogP contribution in [-0.4, -0.2) is 9.97 Å². The van der Waals surface area contributed by atoms with Gasteiger partial charge < -0.3 is 4.42 Å². The Balaban J connectivity index is 1.89. The zero-order valence-corrected chi connectivity index (χ0v) is 10.9. The lowest BCUT2D eigenvalue weighted by atomic mass is 10.3. The van der Waals surface area contributed by atoms with Gasteiger partial charge in [0.2, 0.25) is 5.82 Å². The molecule has 0 saturated carbocycles. The Morgan fingerprint density at radius 2 is 2.33 bits per heavy atom. The van der Waals surface area contributed by atoms with Gasteiger partial charge in [0.1, 0.15) is 17.7 Å². The van der Waals surface area contributed by atoms with Crippen LogP contribution in [0.5, 0.6) is 0 Å². The van der Waals surface area contributed by atoms with Gasteiger partial charge in [-0.3, -0.25) is 5.32 Å². The van der Waals surface area contributed by atoms with E-state index >= 15 is 0 Å². The summed E-state index contributed by atoms with van der Waals surface area (Å²) in [4.78, 5) is 11.1. The van der Waals surface area contributed by atoms with Crippen LogP contribution in [-0.2, 0) is 13.0 Å². The van der Waals surface area contributed by atoms with Crippen molar-refractivity contribution in [3.05, 3.63) is 41.4 Å². The van der Waals surface area contributed by atoms with Crippen molar-refractivity contribution in [2.24, 2.45) is 0 Å². The minimum absolute atomic E-state index is 0.760. The number of nitrogens with two attached hydrogens (primary N) is 1. The second-order valence-electron chi connectivity index (χ2n) is 4.03. The summed E-state index contributed by atoms with van der Waals surface area (Å²) in [5, 5.41) is 3.24. The Bertz CT molecular complexity index is 645. The molecule has 0 bridgehead atoms. The molecule has 3 heterocycles. The van der Waals surface area contributed by atoms with Gasteiger partial charge in [0.05, 0.1) is 11.6 Å². The summed E-state index contributed by atoms with van der Waals surface area (Å²) in [6.07, 6.45) is 4.36. The summed E-state index contributed by atoms with van der Waals surface area (Å²) >= 11 is 1.74. The van der Waals surface area contributed by atoms with Crippen LogP contribution in [0.3, 0.4) is 0 Å². The second-order valence-corrected chi connectivity index (χ2v) is 5.15. The van der Waals surface area contributed by atoms with E-state index in [1.807, 2.05) is 12.1 Å².